The van der Waals surface area contributed by atoms with E-state index in [-0.39, 0.29) is 0 Å². The molecule has 4 heteroatoms. The van der Waals surface area contributed by atoms with Crippen molar-refractivity contribution in [2.24, 2.45) is 5.92 Å². The summed E-state index contributed by atoms with van der Waals surface area (Å²) >= 11 is 0. The van der Waals surface area contributed by atoms with Gasteiger partial charge in [0, 0.05) is 23.5 Å². The fourth-order valence-electron chi connectivity index (χ4n) is 2.30. The molecule has 0 spiro atoms. The zero-order valence-electron chi connectivity index (χ0n) is 12.2. The molecule has 106 valence electrons. The zero-order valence-corrected chi connectivity index (χ0v) is 12.2. The van der Waals surface area contributed by atoms with Crippen LogP contribution in [-0.4, -0.2) is 15.1 Å². The van der Waals surface area contributed by atoms with Crippen LogP contribution in [0, 0.1) is 5.92 Å². The Hall–Kier alpha value is -2.49. The van der Waals surface area contributed by atoms with E-state index >= 15 is 0 Å². The van der Waals surface area contributed by atoms with Crippen LogP contribution in [-0.2, 0) is 6.42 Å². The number of nitrogens with zero attached hydrogens (tertiary/aromatic N) is 3. The normalized spacial score (nSPS) is 11.0. The van der Waals surface area contributed by atoms with Gasteiger partial charge in [0.2, 0.25) is 5.82 Å². The molecule has 0 bridgehead atoms. The first kappa shape index (κ1) is 13.5. The molecule has 0 atom stereocenters. The number of benzene rings is 1. The lowest BCUT2D eigenvalue weighted by molar-refractivity contribution is 0.431. The predicted molar refractivity (Wildman–Crippen MR) is 81.5 cm³/mol. The van der Waals surface area contributed by atoms with E-state index in [1.807, 2.05) is 30.3 Å². The fourth-order valence-corrected chi connectivity index (χ4v) is 2.30. The van der Waals surface area contributed by atoms with Gasteiger partial charge >= 0.3 is 0 Å². The molecule has 0 saturated carbocycles. The maximum atomic E-state index is 5.45. The Morgan fingerprint density at radius 3 is 2.57 bits per heavy atom. The third-order valence-corrected chi connectivity index (χ3v) is 3.24. The smallest absolute Gasteiger partial charge is 0.258 e. The van der Waals surface area contributed by atoms with Gasteiger partial charge in [-0.15, -0.1) is 0 Å². The maximum Gasteiger partial charge on any atom is 0.258 e. The molecule has 0 aliphatic heterocycles. The third-order valence-electron chi connectivity index (χ3n) is 3.24. The summed E-state index contributed by atoms with van der Waals surface area (Å²) in [7, 11) is 0. The lowest BCUT2D eigenvalue weighted by atomic mass is 9.98. The first-order valence-electron chi connectivity index (χ1n) is 7.06. The van der Waals surface area contributed by atoms with Gasteiger partial charge in [0.1, 0.15) is 0 Å². The van der Waals surface area contributed by atoms with Crippen LogP contribution in [0.3, 0.4) is 0 Å². The molecule has 21 heavy (non-hydrogen) atoms. The monoisotopic (exact) mass is 279 g/mol. The van der Waals surface area contributed by atoms with Gasteiger partial charge in [-0.3, -0.25) is 4.98 Å². The number of hydrogen-bond donors (Lipinski definition) is 0. The van der Waals surface area contributed by atoms with Crippen LogP contribution in [0.5, 0.6) is 0 Å². The van der Waals surface area contributed by atoms with Gasteiger partial charge in [-0.05, 0) is 36.1 Å². The van der Waals surface area contributed by atoms with Gasteiger partial charge < -0.3 is 4.52 Å². The van der Waals surface area contributed by atoms with Crippen molar-refractivity contribution in [3.05, 3.63) is 54.4 Å². The van der Waals surface area contributed by atoms with E-state index < -0.39 is 0 Å². The molecule has 3 aromatic rings. The second-order valence-electron chi connectivity index (χ2n) is 5.41. The number of aromatic nitrogens is 3. The maximum absolute atomic E-state index is 5.45. The summed E-state index contributed by atoms with van der Waals surface area (Å²) in [5.74, 6) is 1.73. The molecule has 2 heterocycles. The van der Waals surface area contributed by atoms with Crippen LogP contribution in [0.1, 0.15) is 19.4 Å². The van der Waals surface area contributed by atoms with E-state index in [4.69, 9.17) is 4.52 Å². The van der Waals surface area contributed by atoms with Crippen LogP contribution < -0.4 is 0 Å². The highest BCUT2D eigenvalue weighted by Crippen LogP contribution is 2.26. The Bertz CT molecular complexity index is 720. The molecule has 0 aliphatic rings. The molecule has 0 fully saturated rings. The zero-order chi connectivity index (χ0) is 14.7. The molecule has 0 N–H and O–H groups in total. The largest absolute Gasteiger partial charge is 0.334 e. The van der Waals surface area contributed by atoms with E-state index in [0.29, 0.717) is 17.6 Å². The Morgan fingerprint density at radius 1 is 1.05 bits per heavy atom. The van der Waals surface area contributed by atoms with Crippen molar-refractivity contribution in [3.8, 4) is 22.8 Å². The van der Waals surface area contributed by atoms with Crippen LogP contribution in [0.15, 0.2) is 53.3 Å². The summed E-state index contributed by atoms with van der Waals surface area (Å²) in [6, 6.07) is 11.9. The molecular weight excluding hydrogens is 262 g/mol. The van der Waals surface area contributed by atoms with Crippen molar-refractivity contribution in [3.63, 3.8) is 0 Å². The Kier molecular flexibility index (Phi) is 3.77. The Labute approximate surface area is 123 Å². The van der Waals surface area contributed by atoms with Gasteiger partial charge in [-0.1, -0.05) is 37.2 Å². The summed E-state index contributed by atoms with van der Waals surface area (Å²) in [5.41, 5.74) is 3.15. The van der Waals surface area contributed by atoms with Crippen LogP contribution in [0.25, 0.3) is 22.8 Å². The van der Waals surface area contributed by atoms with Crippen LogP contribution in [0.2, 0.25) is 0 Å². The fraction of sp³-hybridized carbons (Fsp3) is 0.235. The predicted octanol–water partition coefficient (Wildman–Crippen LogP) is 4.00. The van der Waals surface area contributed by atoms with E-state index in [1.54, 1.807) is 12.4 Å². The lowest BCUT2D eigenvalue weighted by Gasteiger charge is -2.08. The molecule has 4 nitrogen and oxygen atoms in total. The van der Waals surface area contributed by atoms with Crippen molar-refractivity contribution < 1.29 is 4.52 Å². The summed E-state index contributed by atoms with van der Waals surface area (Å²) in [6.45, 7) is 4.40. The van der Waals surface area contributed by atoms with E-state index in [0.717, 1.165) is 17.5 Å². The van der Waals surface area contributed by atoms with Crippen LogP contribution >= 0.6 is 0 Å². The van der Waals surface area contributed by atoms with Gasteiger partial charge in [-0.2, -0.15) is 4.98 Å². The molecule has 1 aromatic carbocycles. The third kappa shape index (κ3) is 2.99. The summed E-state index contributed by atoms with van der Waals surface area (Å²) < 4.78 is 5.45. The molecule has 2 aromatic heterocycles. The average molecular weight is 279 g/mol. The van der Waals surface area contributed by atoms with Crippen molar-refractivity contribution in [2.75, 3.05) is 0 Å². The first-order valence-corrected chi connectivity index (χ1v) is 7.06. The highest BCUT2D eigenvalue weighted by molar-refractivity contribution is 5.62. The molecule has 3 rings (SSSR count). The topological polar surface area (TPSA) is 51.8 Å². The Balaban J connectivity index is 1.97. The van der Waals surface area contributed by atoms with Crippen LogP contribution in [0.4, 0.5) is 0 Å². The molecule has 0 radical (unpaired) electrons. The SMILES string of the molecule is CC(C)Cc1ccccc1-c1nc(-c2ccncc2)no1. The standard InChI is InChI=1S/C17H17N3O/c1-12(2)11-14-5-3-4-6-15(14)17-19-16(20-21-17)13-7-9-18-10-8-13/h3-10,12H,11H2,1-2H3. The minimum atomic E-state index is 0.568. The lowest BCUT2D eigenvalue weighted by Crippen LogP contribution is -1.96. The minimum absolute atomic E-state index is 0.568. The van der Waals surface area contributed by atoms with E-state index in [1.165, 1.54) is 5.56 Å². The second kappa shape index (κ2) is 5.87. The summed E-state index contributed by atoms with van der Waals surface area (Å²) in [6.07, 6.45) is 4.43. The highest BCUT2D eigenvalue weighted by Gasteiger charge is 2.14. The molecule has 0 unspecified atom stereocenters. The quantitative estimate of drug-likeness (QED) is 0.724. The van der Waals surface area contributed by atoms with Crippen molar-refractivity contribution in [2.45, 2.75) is 20.3 Å². The highest BCUT2D eigenvalue weighted by atomic mass is 16.5. The summed E-state index contributed by atoms with van der Waals surface area (Å²) in [4.78, 5) is 8.51. The van der Waals surface area contributed by atoms with E-state index in [2.05, 4.69) is 35.0 Å². The minimum Gasteiger partial charge on any atom is -0.334 e. The average Bonchev–Trinajstić information content (AvgIpc) is 2.98. The van der Waals surface area contributed by atoms with Crippen molar-refractivity contribution >= 4 is 0 Å². The van der Waals surface area contributed by atoms with Gasteiger partial charge in [0.05, 0.1) is 0 Å². The molecule has 0 aliphatic carbocycles. The molecule has 0 amide bonds. The number of rotatable bonds is 4. The van der Waals surface area contributed by atoms with E-state index in [9.17, 15) is 0 Å². The van der Waals surface area contributed by atoms with Crippen molar-refractivity contribution in [1.29, 1.82) is 0 Å². The molecular formula is C17H17N3O. The Morgan fingerprint density at radius 2 is 1.81 bits per heavy atom. The van der Waals surface area contributed by atoms with Gasteiger partial charge in [0.15, 0.2) is 0 Å². The first-order chi connectivity index (χ1) is 10.2. The number of pyridine rings is 1. The summed E-state index contributed by atoms with van der Waals surface area (Å²) in [5, 5.41) is 4.07. The number of hydrogen-bond acceptors (Lipinski definition) is 4. The second-order valence-corrected chi connectivity index (χ2v) is 5.41. The van der Waals surface area contributed by atoms with Gasteiger partial charge in [0.25, 0.3) is 5.89 Å². The van der Waals surface area contributed by atoms with Crippen molar-refractivity contribution in [1.82, 2.24) is 15.1 Å². The van der Waals surface area contributed by atoms with Gasteiger partial charge in [-0.25, -0.2) is 0 Å². The molecule has 0 saturated heterocycles.